The number of nitrogens with zero attached hydrogens (tertiary/aromatic N) is 1. The third-order valence-electron chi connectivity index (χ3n) is 5.59. The van der Waals surface area contributed by atoms with Crippen LogP contribution >= 0.6 is 12.4 Å². The Hall–Kier alpha value is -2.77. The number of hydrogen-bond acceptors (Lipinski definition) is 6. The summed E-state index contributed by atoms with van der Waals surface area (Å²) < 4.78 is 0. The molecule has 0 spiro atoms. The van der Waals surface area contributed by atoms with Gasteiger partial charge in [0.2, 0.25) is 0 Å². The zero-order valence-electron chi connectivity index (χ0n) is 18.0. The SMILES string of the molecule is CCc1cc(NC2CCN(C)CC2)cc(C(Nc2ccc(C(=N)N)cc2)C(=O)[O-])c1.Cl. The molecule has 31 heavy (non-hydrogen) atoms. The number of halogens is 1. The summed E-state index contributed by atoms with van der Waals surface area (Å²) in [6.07, 6.45) is 2.93. The lowest BCUT2D eigenvalue weighted by Gasteiger charge is -2.30. The summed E-state index contributed by atoms with van der Waals surface area (Å²) in [6.45, 7) is 4.16. The molecule has 0 saturated carbocycles. The van der Waals surface area contributed by atoms with Crippen LogP contribution in [0.25, 0.3) is 0 Å². The monoisotopic (exact) mass is 444 g/mol. The molecule has 8 heteroatoms. The highest BCUT2D eigenvalue weighted by Crippen LogP contribution is 2.26. The first-order chi connectivity index (χ1) is 14.4. The van der Waals surface area contributed by atoms with E-state index in [1.807, 2.05) is 12.1 Å². The number of likely N-dealkylation sites (tertiary alicyclic amines) is 1. The van der Waals surface area contributed by atoms with E-state index >= 15 is 0 Å². The second-order valence-electron chi connectivity index (χ2n) is 7.93. The van der Waals surface area contributed by atoms with E-state index in [4.69, 9.17) is 11.1 Å². The van der Waals surface area contributed by atoms with Gasteiger partial charge in [0.15, 0.2) is 0 Å². The first-order valence-corrected chi connectivity index (χ1v) is 10.4. The summed E-state index contributed by atoms with van der Waals surface area (Å²) in [5.74, 6) is -1.22. The lowest BCUT2D eigenvalue weighted by molar-refractivity contribution is -0.307. The summed E-state index contributed by atoms with van der Waals surface area (Å²) in [7, 11) is 2.13. The van der Waals surface area contributed by atoms with Crippen LogP contribution in [0.2, 0.25) is 0 Å². The van der Waals surface area contributed by atoms with Gasteiger partial charge in [0.05, 0.1) is 12.0 Å². The Morgan fingerprint density at radius 1 is 1.19 bits per heavy atom. The van der Waals surface area contributed by atoms with Gasteiger partial charge >= 0.3 is 0 Å². The molecular formula is C23H31ClN5O2-. The Balaban J connectivity index is 0.00000341. The fourth-order valence-corrected chi connectivity index (χ4v) is 3.75. The van der Waals surface area contributed by atoms with E-state index in [2.05, 4.69) is 35.6 Å². The number of piperidine rings is 1. The van der Waals surface area contributed by atoms with Crippen LogP contribution in [0, 0.1) is 5.41 Å². The topological polar surface area (TPSA) is 117 Å². The third kappa shape index (κ3) is 6.60. The van der Waals surface area contributed by atoms with Crippen LogP contribution in [0.3, 0.4) is 0 Å². The number of hydrogen-bond donors (Lipinski definition) is 4. The van der Waals surface area contributed by atoms with Crippen LogP contribution in [0.1, 0.15) is 42.5 Å². The molecule has 3 rings (SSSR count). The second-order valence-corrected chi connectivity index (χ2v) is 7.93. The number of anilines is 2. The lowest BCUT2D eigenvalue weighted by Crippen LogP contribution is -2.37. The van der Waals surface area contributed by atoms with Gasteiger partial charge in [0.1, 0.15) is 5.84 Å². The molecule has 0 bridgehead atoms. The Morgan fingerprint density at radius 3 is 2.39 bits per heavy atom. The van der Waals surface area contributed by atoms with Gasteiger partial charge in [-0.3, -0.25) is 5.41 Å². The Labute approximate surface area is 189 Å². The minimum atomic E-state index is -1.19. The number of amidine groups is 1. The van der Waals surface area contributed by atoms with Crippen molar-refractivity contribution < 1.29 is 9.90 Å². The number of carbonyl (C=O) groups excluding carboxylic acids is 1. The first-order valence-electron chi connectivity index (χ1n) is 10.4. The molecule has 2 aromatic carbocycles. The smallest absolute Gasteiger partial charge is 0.122 e. The molecule has 1 atom stereocenters. The highest BCUT2D eigenvalue weighted by molar-refractivity contribution is 5.95. The van der Waals surface area contributed by atoms with Crippen molar-refractivity contribution in [1.82, 2.24) is 4.90 Å². The van der Waals surface area contributed by atoms with E-state index in [9.17, 15) is 9.90 Å². The van der Waals surface area contributed by atoms with Gasteiger partial charge in [-0.05, 0) is 86.9 Å². The molecule has 2 aromatic rings. The van der Waals surface area contributed by atoms with E-state index in [1.165, 1.54) is 0 Å². The quantitative estimate of drug-likeness (QED) is 0.367. The molecule has 0 aromatic heterocycles. The average Bonchev–Trinajstić information content (AvgIpc) is 2.73. The maximum absolute atomic E-state index is 12.0. The zero-order chi connectivity index (χ0) is 21.7. The van der Waals surface area contributed by atoms with Crippen molar-refractivity contribution in [1.29, 1.82) is 5.41 Å². The van der Waals surface area contributed by atoms with E-state index in [-0.39, 0.29) is 18.2 Å². The Bertz CT molecular complexity index is 895. The number of aryl methyl sites for hydroxylation is 1. The van der Waals surface area contributed by atoms with E-state index < -0.39 is 12.0 Å². The Kier molecular flexibility index (Phi) is 8.71. The predicted octanol–water partition coefficient (Wildman–Crippen LogP) is 2.36. The van der Waals surface area contributed by atoms with Crippen LogP contribution in [0.15, 0.2) is 42.5 Å². The largest absolute Gasteiger partial charge is 0.548 e. The predicted molar refractivity (Wildman–Crippen MR) is 126 cm³/mol. The number of nitrogens with one attached hydrogen (secondary N) is 3. The summed E-state index contributed by atoms with van der Waals surface area (Å²) in [4.78, 5) is 14.3. The summed E-state index contributed by atoms with van der Waals surface area (Å²) >= 11 is 0. The highest BCUT2D eigenvalue weighted by atomic mass is 35.5. The molecule has 0 amide bonds. The number of nitrogen functional groups attached to an aromatic ring is 1. The summed E-state index contributed by atoms with van der Waals surface area (Å²) in [5, 5.41) is 26.1. The van der Waals surface area contributed by atoms with Gasteiger partial charge < -0.3 is 31.2 Å². The number of carboxylic acid groups (broad SMARTS) is 1. The standard InChI is InChI=1S/C23H31N5O2.ClH/c1-3-15-12-17(14-20(13-15)26-19-8-10-28(2)11-9-19)21(23(29)30)27-18-6-4-16(5-7-18)22(24)25;/h4-7,12-14,19,21,26-27H,3,8-11H2,1-2H3,(H3,24,25)(H,29,30);1H/p-1. The van der Waals surface area contributed by atoms with E-state index in [0.29, 0.717) is 22.9 Å². The maximum atomic E-state index is 12.0. The van der Waals surface area contributed by atoms with Crippen molar-refractivity contribution in [2.24, 2.45) is 5.73 Å². The lowest BCUT2D eigenvalue weighted by atomic mass is 9.99. The normalized spacial score (nSPS) is 15.5. The molecule has 1 aliphatic heterocycles. The zero-order valence-corrected chi connectivity index (χ0v) is 18.8. The van der Waals surface area contributed by atoms with Crippen LogP contribution in [0.5, 0.6) is 0 Å². The number of benzene rings is 2. The van der Waals surface area contributed by atoms with E-state index in [0.717, 1.165) is 43.6 Å². The van der Waals surface area contributed by atoms with Gasteiger partial charge in [-0.25, -0.2) is 0 Å². The van der Waals surface area contributed by atoms with Gasteiger partial charge in [-0.1, -0.05) is 13.0 Å². The third-order valence-corrected chi connectivity index (χ3v) is 5.59. The van der Waals surface area contributed by atoms with Crippen LogP contribution in [-0.4, -0.2) is 42.9 Å². The number of aliphatic carboxylic acids is 1. The molecule has 1 aliphatic rings. The fraction of sp³-hybridized carbons (Fsp3) is 0.391. The number of rotatable bonds is 8. The molecule has 1 saturated heterocycles. The van der Waals surface area contributed by atoms with Gasteiger partial charge in [0, 0.05) is 23.0 Å². The van der Waals surface area contributed by atoms with Gasteiger partial charge in [-0.15, -0.1) is 12.4 Å². The number of nitrogens with two attached hydrogens (primary N) is 1. The molecule has 1 heterocycles. The molecule has 0 radical (unpaired) electrons. The maximum Gasteiger partial charge on any atom is 0.122 e. The number of carboxylic acids is 1. The summed E-state index contributed by atoms with van der Waals surface area (Å²) in [6, 6.07) is 12.1. The van der Waals surface area contributed by atoms with Crippen LogP contribution < -0.4 is 21.5 Å². The van der Waals surface area contributed by atoms with Crippen molar-refractivity contribution in [3.8, 4) is 0 Å². The van der Waals surface area contributed by atoms with Crippen molar-refractivity contribution in [2.45, 2.75) is 38.3 Å². The summed E-state index contributed by atoms with van der Waals surface area (Å²) in [5.41, 5.74) is 9.37. The van der Waals surface area contributed by atoms with Gasteiger partial charge in [0.25, 0.3) is 0 Å². The minimum Gasteiger partial charge on any atom is -0.548 e. The minimum absolute atomic E-state index is 0. The van der Waals surface area contributed by atoms with Crippen molar-refractivity contribution in [3.05, 3.63) is 59.2 Å². The second kappa shape index (κ2) is 11.0. The number of carbonyl (C=O) groups is 1. The van der Waals surface area contributed by atoms with E-state index in [1.54, 1.807) is 24.3 Å². The molecule has 7 nitrogen and oxygen atoms in total. The Morgan fingerprint density at radius 2 is 1.84 bits per heavy atom. The van der Waals surface area contributed by atoms with Crippen molar-refractivity contribution in [2.75, 3.05) is 30.8 Å². The highest BCUT2D eigenvalue weighted by Gasteiger charge is 2.19. The molecule has 168 valence electrons. The molecule has 1 fully saturated rings. The molecule has 1 unspecified atom stereocenters. The van der Waals surface area contributed by atoms with Crippen LogP contribution in [0.4, 0.5) is 11.4 Å². The first kappa shape index (κ1) is 24.5. The fourth-order valence-electron chi connectivity index (χ4n) is 3.75. The molecule has 5 N–H and O–H groups in total. The average molecular weight is 445 g/mol. The van der Waals surface area contributed by atoms with Crippen molar-refractivity contribution >= 4 is 35.6 Å². The molecule has 0 aliphatic carbocycles. The van der Waals surface area contributed by atoms with Crippen LogP contribution in [-0.2, 0) is 11.2 Å². The molecular weight excluding hydrogens is 414 g/mol. The van der Waals surface area contributed by atoms with Gasteiger partial charge in [-0.2, -0.15) is 0 Å². The van der Waals surface area contributed by atoms with Crippen molar-refractivity contribution in [3.63, 3.8) is 0 Å².